The molecule has 0 spiro atoms. The van der Waals surface area contributed by atoms with Crippen molar-refractivity contribution in [2.24, 2.45) is 0 Å². The third kappa shape index (κ3) is 5.26. The lowest BCUT2D eigenvalue weighted by molar-refractivity contribution is -0.146. The largest absolute Gasteiger partial charge is 0.462 e. The van der Waals surface area contributed by atoms with Gasteiger partial charge in [-0.1, -0.05) is 5.57 Å². The summed E-state index contributed by atoms with van der Waals surface area (Å²) in [6.45, 7) is 5.75. The van der Waals surface area contributed by atoms with Crippen LogP contribution in [-0.2, 0) is 4.74 Å². The number of rotatable bonds is 6. The molecule has 0 aromatic carbocycles. The van der Waals surface area contributed by atoms with Crippen LogP contribution in [0.4, 0.5) is 19.0 Å². The standard InChI is InChI=1S/C27H31F3N4O2/c1-5-36-26(35)22-15-23-21(20-6-10-32-24(14-20)31-4)9-13-34(23)25(18(22)3)17(2)19-7-11-33(12-8-19)16-27(28,29)30/h6,9-10,13-15H,5,7-8,11-12,16H2,1-4H3,(H,31,32). The van der Waals surface area contributed by atoms with E-state index in [9.17, 15) is 18.0 Å². The predicted octanol–water partition coefficient (Wildman–Crippen LogP) is 5.96. The molecule has 0 saturated carbocycles. The summed E-state index contributed by atoms with van der Waals surface area (Å²) in [6, 6.07) is 7.73. The smallest absolute Gasteiger partial charge is 0.401 e. The maximum atomic E-state index is 12.9. The number of fused-ring (bicyclic) bond motifs is 1. The molecule has 36 heavy (non-hydrogen) atoms. The van der Waals surface area contributed by atoms with E-state index in [1.54, 1.807) is 20.2 Å². The third-order valence-corrected chi connectivity index (χ3v) is 6.78. The number of halogens is 3. The number of likely N-dealkylation sites (tertiary alicyclic amines) is 1. The van der Waals surface area contributed by atoms with Gasteiger partial charge in [0.05, 0.1) is 29.9 Å². The Hall–Kier alpha value is -3.33. The Morgan fingerprint density at radius 3 is 2.56 bits per heavy atom. The van der Waals surface area contributed by atoms with Crippen molar-refractivity contribution >= 4 is 22.9 Å². The van der Waals surface area contributed by atoms with E-state index in [1.165, 1.54) is 4.90 Å². The summed E-state index contributed by atoms with van der Waals surface area (Å²) in [5, 5.41) is 3.05. The first kappa shape index (κ1) is 25.8. The van der Waals surface area contributed by atoms with Gasteiger partial charge < -0.3 is 14.5 Å². The van der Waals surface area contributed by atoms with Crippen molar-refractivity contribution < 1.29 is 22.7 Å². The number of anilines is 1. The SMILES string of the molecule is CCOC(=O)c1cc2c(-c3ccnc(NC)c3)ccn2c(C(C)=C2CCN(CC(F)(F)F)CC2)c1C. The quantitative estimate of drug-likeness (QED) is 0.423. The van der Waals surface area contributed by atoms with Crippen molar-refractivity contribution in [3.63, 3.8) is 0 Å². The molecular formula is C27H31F3N4O2. The number of nitrogens with one attached hydrogen (secondary N) is 1. The minimum Gasteiger partial charge on any atom is -0.462 e. The number of hydrogen-bond acceptors (Lipinski definition) is 5. The molecule has 1 saturated heterocycles. The number of carbonyl (C=O) groups is 1. The second-order valence-corrected chi connectivity index (χ2v) is 9.04. The highest BCUT2D eigenvalue weighted by molar-refractivity contribution is 5.96. The first-order valence-corrected chi connectivity index (χ1v) is 12.1. The minimum absolute atomic E-state index is 0.262. The highest BCUT2D eigenvalue weighted by atomic mass is 19.4. The number of hydrogen-bond donors (Lipinski definition) is 1. The van der Waals surface area contributed by atoms with Gasteiger partial charge in [0.1, 0.15) is 5.82 Å². The molecule has 1 aliphatic heterocycles. The van der Waals surface area contributed by atoms with Gasteiger partial charge in [-0.3, -0.25) is 4.90 Å². The molecule has 0 amide bonds. The molecule has 192 valence electrons. The Balaban J connectivity index is 1.83. The summed E-state index contributed by atoms with van der Waals surface area (Å²) in [7, 11) is 1.81. The average Bonchev–Trinajstić information content (AvgIpc) is 3.26. The van der Waals surface area contributed by atoms with E-state index in [1.807, 2.05) is 44.3 Å². The van der Waals surface area contributed by atoms with Crippen LogP contribution < -0.4 is 5.32 Å². The Morgan fingerprint density at radius 1 is 1.19 bits per heavy atom. The zero-order valence-corrected chi connectivity index (χ0v) is 21.0. The first-order chi connectivity index (χ1) is 17.1. The van der Waals surface area contributed by atoms with Crippen molar-refractivity contribution in [3.05, 3.63) is 59.1 Å². The van der Waals surface area contributed by atoms with Gasteiger partial charge in [0, 0.05) is 38.1 Å². The summed E-state index contributed by atoms with van der Waals surface area (Å²) >= 11 is 0. The summed E-state index contributed by atoms with van der Waals surface area (Å²) in [6.07, 6.45) is 0.611. The lowest BCUT2D eigenvalue weighted by atomic mass is 9.93. The molecule has 6 nitrogen and oxygen atoms in total. The maximum absolute atomic E-state index is 12.9. The molecule has 4 heterocycles. The van der Waals surface area contributed by atoms with Gasteiger partial charge in [-0.2, -0.15) is 13.2 Å². The number of ether oxygens (including phenoxy) is 1. The van der Waals surface area contributed by atoms with Crippen molar-refractivity contribution in [1.29, 1.82) is 0 Å². The van der Waals surface area contributed by atoms with Gasteiger partial charge in [-0.05, 0) is 74.6 Å². The molecule has 3 aromatic heterocycles. The van der Waals surface area contributed by atoms with E-state index < -0.39 is 18.7 Å². The Morgan fingerprint density at radius 2 is 1.92 bits per heavy atom. The molecule has 0 atom stereocenters. The summed E-state index contributed by atoms with van der Waals surface area (Å²) < 4.78 is 46.0. The van der Waals surface area contributed by atoms with Gasteiger partial charge in [0.15, 0.2) is 0 Å². The maximum Gasteiger partial charge on any atom is 0.401 e. The van der Waals surface area contributed by atoms with E-state index in [4.69, 9.17) is 4.74 Å². The van der Waals surface area contributed by atoms with Crippen molar-refractivity contribution in [1.82, 2.24) is 14.3 Å². The molecule has 0 unspecified atom stereocenters. The van der Waals surface area contributed by atoms with Crippen LogP contribution in [0.25, 0.3) is 22.2 Å². The van der Waals surface area contributed by atoms with Crippen LogP contribution in [0.5, 0.6) is 0 Å². The molecule has 0 aliphatic carbocycles. The number of aromatic nitrogens is 2. The normalized spacial score (nSPS) is 14.8. The number of nitrogens with zero attached hydrogens (tertiary/aromatic N) is 3. The minimum atomic E-state index is -4.20. The monoisotopic (exact) mass is 500 g/mol. The third-order valence-electron chi connectivity index (χ3n) is 6.78. The number of piperidine rings is 1. The number of esters is 1. The van der Waals surface area contributed by atoms with Gasteiger partial charge in [0.2, 0.25) is 0 Å². The number of allylic oxidation sites excluding steroid dienone is 1. The second kappa shape index (κ2) is 10.3. The van der Waals surface area contributed by atoms with Crippen LogP contribution in [0.15, 0.2) is 42.2 Å². The molecule has 1 N–H and O–H groups in total. The highest BCUT2D eigenvalue weighted by Gasteiger charge is 2.32. The second-order valence-electron chi connectivity index (χ2n) is 9.04. The molecular weight excluding hydrogens is 469 g/mol. The van der Waals surface area contributed by atoms with Crippen LogP contribution in [0.3, 0.4) is 0 Å². The lowest BCUT2D eigenvalue weighted by Crippen LogP contribution is -2.38. The summed E-state index contributed by atoms with van der Waals surface area (Å²) in [5.41, 5.74) is 6.99. The molecule has 9 heteroatoms. The number of carbonyl (C=O) groups excluding carboxylic acids is 1. The Kier molecular flexibility index (Phi) is 7.40. The van der Waals surface area contributed by atoms with Crippen molar-refractivity contribution in [3.8, 4) is 11.1 Å². The zero-order valence-electron chi connectivity index (χ0n) is 21.0. The van der Waals surface area contributed by atoms with Crippen molar-refractivity contribution in [2.75, 3.05) is 38.6 Å². The van der Waals surface area contributed by atoms with Gasteiger partial charge in [0.25, 0.3) is 0 Å². The molecule has 3 aromatic rings. The van der Waals surface area contributed by atoms with E-state index in [2.05, 4.69) is 14.7 Å². The Labute approximate surface area is 208 Å². The summed E-state index contributed by atoms with van der Waals surface area (Å²) in [4.78, 5) is 18.7. The van der Waals surface area contributed by atoms with Crippen LogP contribution in [0.1, 0.15) is 48.3 Å². The van der Waals surface area contributed by atoms with Crippen LogP contribution in [0.2, 0.25) is 0 Å². The van der Waals surface area contributed by atoms with Gasteiger partial charge in [-0.25, -0.2) is 9.78 Å². The van der Waals surface area contributed by atoms with Crippen LogP contribution in [-0.4, -0.2) is 59.7 Å². The lowest BCUT2D eigenvalue weighted by Gasteiger charge is -2.30. The fourth-order valence-corrected chi connectivity index (χ4v) is 4.98. The number of alkyl halides is 3. The predicted molar refractivity (Wildman–Crippen MR) is 135 cm³/mol. The topological polar surface area (TPSA) is 58.9 Å². The van der Waals surface area contributed by atoms with Crippen LogP contribution in [0, 0.1) is 6.92 Å². The van der Waals surface area contributed by atoms with E-state index in [0.717, 1.165) is 44.9 Å². The zero-order chi connectivity index (χ0) is 26.0. The Bertz CT molecular complexity index is 1300. The van der Waals surface area contributed by atoms with E-state index in [0.29, 0.717) is 31.5 Å². The van der Waals surface area contributed by atoms with Crippen LogP contribution >= 0.6 is 0 Å². The molecule has 0 bridgehead atoms. The first-order valence-electron chi connectivity index (χ1n) is 12.1. The fourth-order valence-electron chi connectivity index (χ4n) is 4.98. The number of pyridine rings is 2. The van der Waals surface area contributed by atoms with Crippen molar-refractivity contribution in [2.45, 2.75) is 39.8 Å². The molecule has 1 aliphatic rings. The van der Waals surface area contributed by atoms with Gasteiger partial charge >= 0.3 is 12.1 Å². The van der Waals surface area contributed by atoms with Gasteiger partial charge in [-0.15, -0.1) is 0 Å². The molecule has 0 radical (unpaired) electrons. The van der Waals surface area contributed by atoms with E-state index >= 15 is 0 Å². The summed E-state index contributed by atoms with van der Waals surface area (Å²) in [5.74, 6) is 0.336. The molecule has 4 rings (SSSR count). The molecule has 1 fully saturated rings. The highest BCUT2D eigenvalue weighted by Crippen LogP contribution is 2.35. The van der Waals surface area contributed by atoms with E-state index in [-0.39, 0.29) is 6.61 Å². The fraction of sp³-hybridized carbons (Fsp3) is 0.407. The average molecular weight is 501 g/mol.